The third-order valence-electron chi connectivity index (χ3n) is 5.09. The summed E-state index contributed by atoms with van der Waals surface area (Å²) in [4.78, 5) is 16.8. The second kappa shape index (κ2) is 9.78. The number of carbonyl (C=O) groups excluding carboxylic acids is 1. The van der Waals surface area contributed by atoms with E-state index < -0.39 is 0 Å². The first-order chi connectivity index (χ1) is 16.3. The van der Waals surface area contributed by atoms with Crippen LogP contribution in [0.4, 0.5) is 0 Å². The topological polar surface area (TPSA) is 115 Å². The molecule has 0 saturated heterocycles. The van der Waals surface area contributed by atoms with E-state index in [2.05, 4.69) is 20.6 Å². The average Bonchev–Trinajstić information content (AvgIpc) is 3.46. The number of rotatable bonds is 8. The number of nitrogens with one attached hydrogen (secondary N) is 1. The van der Waals surface area contributed by atoms with Crippen LogP contribution in [0.5, 0.6) is 11.5 Å². The maximum Gasteiger partial charge on any atom is 0.251 e. The van der Waals surface area contributed by atoms with Crippen molar-refractivity contribution >= 4 is 5.91 Å². The lowest BCUT2D eigenvalue weighted by Crippen LogP contribution is -2.25. The molecule has 9 nitrogen and oxygen atoms in total. The number of ether oxygens (including phenoxy) is 1. The zero-order valence-electron chi connectivity index (χ0n) is 19.4. The molecule has 0 fully saturated rings. The van der Waals surface area contributed by atoms with Gasteiger partial charge < -0.3 is 19.6 Å². The summed E-state index contributed by atoms with van der Waals surface area (Å²) in [6, 6.07) is 13.9. The fraction of sp³-hybridized carbons (Fsp3) is 0.280. The van der Waals surface area contributed by atoms with Crippen molar-refractivity contribution in [3.8, 4) is 11.5 Å². The third-order valence-corrected chi connectivity index (χ3v) is 5.09. The number of hydrogen-bond acceptors (Lipinski definition) is 7. The minimum Gasteiger partial charge on any atom is -0.508 e. The number of hydrogen-bond donors (Lipinski definition) is 2. The molecule has 0 aliphatic carbocycles. The van der Waals surface area contributed by atoms with Crippen LogP contribution in [0.25, 0.3) is 0 Å². The van der Waals surface area contributed by atoms with Crippen molar-refractivity contribution in [1.29, 1.82) is 0 Å². The van der Waals surface area contributed by atoms with Crippen LogP contribution in [0.1, 0.15) is 53.8 Å². The molecule has 1 amide bonds. The molecule has 4 aromatic rings. The van der Waals surface area contributed by atoms with E-state index in [-0.39, 0.29) is 23.7 Å². The minimum absolute atomic E-state index is 0.145. The number of phenols is 1. The van der Waals surface area contributed by atoms with E-state index in [1.54, 1.807) is 41.2 Å². The van der Waals surface area contributed by atoms with Crippen LogP contribution in [-0.2, 0) is 25.1 Å². The van der Waals surface area contributed by atoms with Gasteiger partial charge >= 0.3 is 0 Å². The van der Waals surface area contributed by atoms with E-state index in [4.69, 9.17) is 9.15 Å². The first-order valence-corrected chi connectivity index (χ1v) is 10.9. The van der Waals surface area contributed by atoms with Gasteiger partial charge in [-0.3, -0.25) is 4.79 Å². The van der Waals surface area contributed by atoms with E-state index >= 15 is 0 Å². The van der Waals surface area contributed by atoms with Gasteiger partial charge in [-0.05, 0) is 29.8 Å². The summed E-state index contributed by atoms with van der Waals surface area (Å²) in [6.45, 7) is 7.17. The van der Waals surface area contributed by atoms with Gasteiger partial charge in [-0.25, -0.2) is 9.67 Å². The van der Waals surface area contributed by atoms with Gasteiger partial charge in [0.1, 0.15) is 35.3 Å². The fourth-order valence-corrected chi connectivity index (χ4v) is 3.43. The van der Waals surface area contributed by atoms with Crippen LogP contribution in [0, 0.1) is 0 Å². The van der Waals surface area contributed by atoms with Crippen LogP contribution >= 0.6 is 0 Å². The number of oxazole rings is 1. The van der Waals surface area contributed by atoms with Crippen LogP contribution in [0.3, 0.4) is 0 Å². The van der Waals surface area contributed by atoms with Gasteiger partial charge in [-0.1, -0.05) is 44.2 Å². The predicted molar refractivity (Wildman–Crippen MR) is 124 cm³/mol. The average molecular weight is 462 g/mol. The quantitative estimate of drug-likeness (QED) is 0.410. The molecule has 2 aromatic heterocycles. The van der Waals surface area contributed by atoms with Gasteiger partial charge in [-0.15, -0.1) is 5.10 Å². The maximum atomic E-state index is 12.6. The van der Waals surface area contributed by atoms with Gasteiger partial charge in [-0.2, -0.15) is 0 Å². The second-order valence-corrected chi connectivity index (χ2v) is 8.95. The van der Waals surface area contributed by atoms with Gasteiger partial charge in [0.15, 0.2) is 6.39 Å². The van der Waals surface area contributed by atoms with Crippen LogP contribution in [-0.4, -0.2) is 31.0 Å². The molecule has 2 heterocycles. The minimum atomic E-state index is -0.184. The van der Waals surface area contributed by atoms with Gasteiger partial charge in [0.25, 0.3) is 5.91 Å². The molecule has 0 radical (unpaired) electrons. The number of aromatic hydroxyl groups is 1. The predicted octanol–water partition coefficient (Wildman–Crippen LogP) is 3.83. The van der Waals surface area contributed by atoms with Crippen molar-refractivity contribution in [3.63, 3.8) is 0 Å². The SMILES string of the molecule is CC(C)(C)c1ocnc1CNC(=O)c1ccc(Cn2cc(COc3cccc(O)c3)nn2)cc1. The molecule has 9 heteroatoms. The molecular weight excluding hydrogens is 434 g/mol. The summed E-state index contributed by atoms with van der Waals surface area (Å²) < 4.78 is 12.8. The van der Waals surface area contributed by atoms with Crippen molar-refractivity contribution in [3.05, 3.63) is 89.4 Å². The summed E-state index contributed by atoms with van der Waals surface area (Å²) in [6.07, 6.45) is 3.21. The van der Waals surface area contributed by atoms with Crippen molar-refractivity contribution in [2.45, 2.75) is 45.9 Å². The van der Waals surface area contributed by atoms with E-state index in [1.165, 1.54) is 12.5 Å². The van der Waals surface area contributed by atoms with Crippen molar-refractivity contribution < 1.29 is 19.1 Å². The molecule has 0 bridgehead atoms. The Labute approximate surface area is 197 Å². The van der Waals surface area contributed by atoms with E-state index in [0.717, 1.165) is 17.0 Å². The normalized spacial score (nSPS) is 11.4. The van der Waals surface area contributed by atoms with E-state index in [0.29, 0.717) is 30.1 Å². The first-order valence-electron chi connectivity index (χ1n) is 10.9. The highest BCUT2D eigenvalue weighted by Gasteiger charge is 2.23. The van der Waals surface area contributed by atoms with Crippen LogP contribution < -0.4 is 10.1 Å². The van der Waals surface area contributed by atoms with Gasteiger partial charge in [0.2, 0.25) is 0 Å². The zero-order chi connectivity index (χ0) is 24.1. The molecule has 0 spiro atoms. The first kappa shape index (κ1) is 23.0. The molecule has 0 atom stereocenters. The molecule has 176 valence electrons. The Morgan fingerprint density at radius 3 is 2.71 bits per heavy atom. The molecule has 0 saturated carbocycles. The number of amides is 1. The number of benzene rings is 2. The summed E-state index contributed by atoms with van der Waals surface area (Å²) in [5, 5.41) is 20.6. The molecule has 2 aromatic carbocycles. The lowest BCUT2D eigenvalue weighted by atomic mass is 9.92. The summed E-state index contributed by atoms with van der Waals surface area (Å²) >= 11 is 0. The third kappa shape index (κ3) is 5.80. The Hall–Kier alpha value is -4.14. The Bertz CT molecular complexity index is 1250. The van der Waals surface area contributed by atoms with Crippen molar-refractivity contribution in [2.75, 3.05) is 0 Å². The number of nitrogens with zero attached hydrogens (tertiary/aromatic N) is 4. The molecule has 2 N–H and O–H groups in total. The number of carbonyl (C=O) groups is 1. The molecule has 0 aliphatic rings. The molecular formula is C25H27N5O4. The van der Waals surface area contributed by atoms with E-state index in [9.17, 15) is 9.90 Å². The highest BCUT2D eigenvalue weighted by Crippen LogP contribution is 2.25. The monoisotopic (exact) mass is 461 g/mol. The van der Waals surface area contributed by atoms with Crippen LogP contribution in [0.2, 0.25) is 0 Å². The zero-order valence-corrected chi connectivity index (χ0v) is 19.4. The Morgan fingerprint density at radius 2 is 1.97 bits per heavy atom. The highest BCUT2D eigenvalue weighted by atomic mass is 16.5. The number of aromatic nitrogens is 4. The molecule has 34 heavy (non-hydrogen) atoms. The lowest BCUT2D eigenvalue weighted by molar-refractivity contribution is 0.0950. The summed E-state index contributed by atoms with van der Waals surface area (Å²) in [7, 11) is 0. The molecule has 4 rings (SSSR count). The van der Waals surface area contributed by atoms with Gasteiger partial charge in [0.05, 0.1) is 19.3 Å². The Morgan fingerprint density at radius 1 is 1.18 bits per heavy atom. The van der Waals surface area contributed by atoms with E-state index in [1.807, 2.05) is 32.9 Å². The smallest absolute Gasteiger partial charge is 0.251 e. The van der Waals surface area contributed by atoms with Crippen molar-refractivity contribution in [1.82, 2.24) is 25.3 Å². The van der Waals surface area contributed by atoms with Gasteiger partial charge in [0, 0.05) is 17.0 Å². The Kier molecular flexibility index (Phi) is 6.62. The molecule has 0 unspecified atom stereocenters. The lowest BCUT2D eigenvalue weighted by Gasteiger charge is -2.16. The maximum absolute atomic E-state index is 12.6. The number of phenolic OH excluding ortho intramolecular Hbond substituents is 1. The van der Waals surface area contributed by atoms with Crippen LogP contribution in [0.15, 0.2) is 65.5 Å². The van der Waals surface area contributed by atoms with Crippen molar-refractivity contribution in [2.24, 2.45) is 0 Å². The Balaban J connectivity index is 1.30. The summed E-state index contributed by atoms with van der Waals surface area (Å²) in [5.41, 5.74) is 2.75. The summed E-state index contributed by atoms with van der Waals surface area (Å²) in [5.74, 6) is 1.29. The standard InChI is InChI=1S/C25H27N5O4/c1-25(2,3)23-22(27-16-34-23)12-26-24(32)18-9-7-17(8-10-18)13-30-14-19(28-29-30)15-33-21-6-4-5-20(31)11-21/h4-11,14,16,31H,12-13,15H2,1-3H3,(H,26,32). The highest BCUT2D eigenvalue weighted by molar-refractivity contribution is 5.94. The largest absolute Gasteiger partial charge is 0.508 e. The fourth-order valence-electron chi connectivity index (χ4n) is 3.43. The molecule has 0 aliphatic heterocycles. The second-order valence-electron chi connectivity index (χ2n) is 8.95.